The maximum absolute atomic E-state index is 11.3. The molecule has 2 aliphatic heterocycles. The second-order valence-electron chi connectivity index (χ2n) is 2.58. The molecule has 2 unspecified atom stereocenters. The largest absolute Gasteiger partial charge is 0.319 e. The highest BCUT2D eigenvalue weighted by Crippen LogP contribution is 2.46. The lowest BCUT2D eigenvalue weighted by Gasteiger charge is -2.07. The molecule has 1 fully saturated rings. The molecule has 0 aromatic carbocycles. The summed E-state index contributed by atoms with van der Waals surface area (Å²) < 4.78 is 0. The maximum Gasteiger partial charge on any atom is 0.245 e. The van der Waals surface area contributed by atoms with Crippen LogP contribution in [0.15, 0.2) is 11.1 Å². The normalized spacial score (nSPS) is 33.0. The first-order valence-electron chi connectivity index (χ1n) is 3.27. The fourth-order valence-corrected chi connectivity index (χ4v) is 3.95. The summed E-state index contributed by atoms with van der Waals surface area (Å²) in [5.74, 6) is 0.0362. The van der Waals surface area contributed by atoms with Crippen molar-refractivity contribution in [1.82, 2.24) is 4.90 Å². The van der Waals surface area contributed by atoms with Crippen LogP contribution in [0.3, 0.4) is 0 Å². The molecule has 0 aliphatic carbocycles. The number of fused-ring (bicyclic) bond motifs is 1. The lowest BCUT2D eigenvalue weighted by atomic mass is 10.2. The minimum atomic E-state index is -0.328. The van der Waals surface area contributed by atoms with Gasteiger partial charge in [0.15, 0.2) is 0 Å². The van der Waals surface area contributed by atoms with E-state index < -0.39 is 0 Å². The van der Waals surface area contributed by atoms with Gasteiger partial charge in [-0.1, -0.05) is 21.6 Å². The zero-order chi connectivity index (χ0) is 8.01. The van der Waals surface area contributed by atoms with E-state index in [-0.39, 0.29) is 29.6 Å². The molecule has 3 nitrogen and oxygen atoms in total. The van der Waals surface area contributed by atoms with Crippen LogP contribution in [0.5, 0.6) is 0 Å². The topological polar surface area (TPSA) is 46.3 Å². The summed E-state index contributed by atoms with van der Waals surface area (Å²) in [5.41, 5.74) is 6.75. The molecule has 0 radical (unpaired) electrons. The summed E-state index contributed by atoms with van der Waals surface area (Å²) in [6.45, 7) is 0. The molecule has 0 aromatic heterocycles. The summed E-state index contributed by atoms with van der Waals surface area (Å²) in [4.78, 5) is 12.9. The fraction of sp³-hybridized carbons (Fsp3) is 0.500. The van der Waals surface area contributed by atoms with Crippen molar-refractivity contribution in [3.05, 3.63) is 11.1 Å². The number of halogens is 1. The number of hydrogen-bond donors (Lipinski definition) is 1. The number of likely N-dealkylation sites (N-methyl/N-ethyl adjacent to an activating group) is 1. The molecule has 0 saturated carbocycles. The van der Waals surface area contributed by atoms with Crippen molar-refractivity contribution < 1.29 is 4.79 Å². The SMILES string of the molecule is CN1C(=O)C(N)C2SSC=C21.Cl. The van der Waals surface area contributed by atoms with E-state index in [0.717, 1.165) is 5.70 Å². The fourth-order valence-electron chi connectivity index (χ4n) is 1.25. The number of nitrogens with two attached hydrogens (primary N) is 1. The second kappa shape index (κ2) is 3.49. The number of carbonyl (C=O) groups excluding carboxylic acids is 1. The number of rotatable bonds is 0. The Balaban J connectivity index is 0.000000720. The summed E-state index contributed by atoms with van der Waals surface area (Å²) in [5, 5.41) is 2.19. The molecule has 2 atom stereocenters. The highest BCUT2D eigenvalue weighted by molar-refractivity contribution is 8.78. The zero-order valence-corrected chi connectivity index (χ0v) is 8.84. The first-order valence-corrected chi connectivity index (χ1v) is 5.55. The summed E-state index contributed by atoms with van der Waals surface area (Å²) in [7, 11) is 5.10. The van der Waals surface area contributed by atoms with Gasteiger partial charge in [-0.2, -0.15) is 0 Å². The van der Waals surface area contributed by atoms with Gasteiger partial charge < -0.3 is 10.6 Å². The third-order valence-corrected chi connectivity index (χ3v) is 4.38. The van der Waals surface area contributed by atoms with Gasteiger partial charge in [-0.25, -0.2) is 0 Å². The number of carbonyl (C=O) groups is 1. The van der Waals surface area contributed by atoms with Gasteiger partial charge in [0, 0.05) is 18.2 Å². The maximum atomic E-state index is 11.3. The van der Waals surface area contributed by atoms with E-state index in [1.165, 1.54) is 0 Å². The lowest BCUT2D eigenvalue weighted by molar-refractivity contribution is -0.126. The molecular formula is C6H9ClN2OS2. The Bertz CT molecular complexity index is 246. The average molecular weight is 225 g/mol. The summed E-state index contributed by atoms with van der Waals surface area (Å²) in [6, 6.07) is -0.328. The minimum Gasteiger partial charge on any atom is -0.319 e. The van der Waals surface area contributed by atoms with E-state index in [4.69, 9.17) is 5.73 Å². The zero-order valence-electron chi connectivity index (χ0n) is 6.39. The molecule has 6 heteroatoms. The van der Waals surface area contributed by atoms with E-state index in [1.807, 2.05) is 5.41 Å². The lowest BCUT2D eigenvalue weighted by Crippen LogP contribution is -2.35. The van der Waals surface area contributed by atoms with Gasteiger partial charge in [-0.3, -0.25) is 4.79 Å². The number of likely N-dealkylation sites (tertiary alicyclic amines) is 1. The molecule has 0 spiro atoms. The van der Waals surface area contributed by atoms with Crippen LogP contribution in [0.4, 0.5) is 0 Å². The van der Waals surface area contributed by atoms with Crippen molar-refractivity contribution in [2.24, 2.45) is 5.73 Å². The predicted octanol–water partition coefficient (Wildman–Crippen LogP) is 0.813. The minimum absolute atomic E-state index is 0. The summed E-state index contributed by atoms with van der Waals surface area (Å²) >= 11 is 0. The van der Waals surface area contributed by atoms with Crippen molar-refractivity contribution in [2.75, 3.05) is 7.05 Å². The van der Waals surface area contributed by atoms with Crippen LogP contribution >= 0.6 is 34.0 Å². The molecule has 2 rings (SSSR count). The van der Waals surface area contributed by atoms with Crippen LogP contribution in [0.2, 0.25) is 0 Å². The molecule has 1 saturated heterocycles. The number of hydrogen-bond acceptors (Lipinski definition) is 4. The van der Waals surface area contributed by atoms with Crippen LogP contribution < -0.4 is 5.73 Å². The van der Waals surface area contributed by atoms with Gasteiger partial charge in [0.1, 0.15) is 6.04 Å². The molecule has 0 bridgehead atoms. The Kier molecular flexibility index (Phi) is 2.98. The number of nitrogens with zero attached hydrogens (tertiary/aromatic N) is 1. The van der Waals surface area contributed by atoms with Gasteiger partial charge in [-0.05, 0) is 0 Å². The molecule has 1 amide bonds. The average Bonchev–Trinajstić information content (AvgIpc) is 2.53. The number of amides is 1. The van der Waals surface area contributed by atoms with Crippen molar-refractivity contribution in [2.45, 2.75) is 11.3 Å². The Morgan fingerprint density at radius 2 is 2.33 bits per heavy atom. The first kappa shape index (κ1) is 10.2. The Morgan fingerprint density at radius 1 is 1.67 bits per heavy atom. The Hall–Kier alpha value is 0.160. The van der Waals surface area contributed by atoms with E-state index in [9.17, 15) is 4.79 Å². The monoisotopic (exact) mass is 224 g/mol. The molecule has 0 aromatic rings. The van der Waals surface area contributed by atoms with Gasteiger partial charge in [0.25, 0.3) is 0 Å². The van der Waals surface area contributed by atoms with Gasteiger partial charge in [0.2, 0.25) is 5.91 Å². The van der Waals surface area contributed by atoms with E-state index in [0.29, 0.717) is 0 Å². The van der Waals surface area contributed by atoms with Crippen LogP contribution in [0, 0.1) is 0 Å². The first-order chi connectivity index (χ1) is 5.22. The molecule has 68 valence electrons. The quantitative estimate of drug-likeness (QED) is 0.619. The van der Waals surface area contributed by atoms with Crippen molar-refractivity contribution in [3.63, 3.8) is 0 Å². The van der Waals surface area contributed by atoms with Crippen LogP contribution in [-0.4, -0.2) is 29.1 Å². The van der Waals surface area contributed by atoms with E-state index in [2.05, 4.69) is 0 Å². The highest BCUT2D eigenvalue weighted by Gasteiger charge is 2.43. The summed E-state index contributed by atoms with van der Waals surface area (Å²) in [6.07, 6.45) is 0. The van der Waals surface area contributed by atoms with Gasteiger partial charge >= 0.3 is 0 Å². The smallest absolute Gasteiger partial charge is 0.245 e. The predicted molar refractivity (Wildman–Crippen MR) is 55.0 cm³/mol. The second-order valence-corrected chi connectivity index (χ2v) is 4.86. The highest BCUT2D eigenvalue weighted by atomic mass is 35.5. The molecule has 2 heterocycles. The standard InChI is InChI=1S/C6H8N2OS2.ClH/c1-8-3-2-10-11-5(3)4(7)6(8)9;/h2,4-5H,7H2,1H3;1H. The molecule has 12 heavy (non-hydrogen) atoms. The van der Waals surface area contributed by atoms with Gasteiger partial charge in [-0.15, -0.1) is 12.4 Å². The third-order valence-electron chi connectivity index (χ3n) is 1.95. The van der Waals surface area contributed by atoms with Crippen molar-refractivity contribution >= 4 is 39.9 Å². The van der Waals surface area contributed by atoms with E-state index in [1.54, 1.807) is 33.5 Å². The Labute approximate surface area is 84.9 Å². The van der Waals surface area contributed by atoms with Crippen LogP contribution in [-0.2, 0) is 4.79 Å². The van der Waals surface area contributed by atoms with Crippen molar-refractivity contribution in [3.8, 4) is 0 Å². The molecule has 2 N–H and O–H groups in total. The van der Waals surface area contributed by atoms with E-state index >= 15 is 0 Å². The van der Waals surface area contributed by atoms with Crippen LogP contribution in [0.25, 0.3) is 0 Å². The Morgan fingerprint density at radius 3 is 2.92 bits per heavy atom. The third kappa shape index (κ3) is 1.25. The van der Waals surface area contributed by atoms with Crippen molar-refractivity contribution in [1.29, 1.82) is 0 Å². The molecular weight excluding hydrogens is 216 g/mol. The van der Waals surface area contributed by atoms with Crippen LogP contribution in [0.1, 0.15) is 0 Å². The van der Waals surface area contributed by atoms with Gasteiger partial charge in [0.05, 0.1) is 5.25 Å². The molecule has 2 aliphatic rings.